The van der Waals surface area contributed by atoms with E-state index in [1.807, 2.05) is 12.1 Å². The number of nitrogens with zero attached hydrogens (tertiary/aromatic N) is 2. The van der Waals surface area contributed by atoms with Gasteiger partial charge in [-0.2, -0.15) is 0 Å². The van der Waals surface area contributed by atoms with Crippen LogP contribution in [0.2, 0.25) is 10.2 Å². The summed E-state index contributed by atoms with van der Waals surface area (Å²) in [4.78, 5) is 8.22. The number of hydrogen-bond donors (Lipinski definition) is 0. The smallest absolute Gasteiger partial charge is 0.150 e. The minimum atomic E-state index is 0.481. The van der Waals surface area contributed by atoms with E-state index in [2.05, 4.69) is 25.9 Å². The van der Waals surface area contributed by atoms with E-state index in [0.29, 0.717) is 10.2 Å². The van der Waals surface area contributed by atoms with E-state index in [0.717, 1.165) is 24.8 Å². The molecular formula is C10H3BrCl2N2S. The second-order valence-corrected chi connectivity index (χ2v) is 5.88. The van der Waals surface area contributed by atoms with E-state index >= 15 is 0 Å². The summed E-state index contributed by atoms with van der Waals surface area (Å²) in [5, 5.41) is 2.16. The van der Waals surface area contributed by atoms with Crippen LogP contribution in [0.15, 0.2) is 22.9 Å². The average Bonchev–Trinajstić information content (AvgIpc) is 2.59. The fourth-order valence-electron chi connectivity index (χ4n) is 1.58. The zero-order chi connectivity index (χ0) is 11.3. The van der Waals surface area contributed by atoms with Gasteiger partial charge >= 0.3 is 0 Å². The summed E-state index contributed by atoms with van der Waals surface area (Å²) < 4.78 is 2.93. The first-order valence-electron chi connectivity index (χ1n) is 4.34. The molecule has 1 aromatic carbocycles. The highest BCUT2D eigenvalue weighted by molar-refractivity contribution is 9.10. The standard InChI is InChI=1S/C10H3BrCl2N2S/c11-6-2-4(12)1-5-7-9(16-8(5)6)10(13)15-3-14-7/h1-3H. The lowest BCUT2D eigenvalue weighted by molar-refractivity contribution is 1.23. The lowest BCUT2D eigenvalue weighted by Crippen LogP contribution is -1.78. The zero-order valence-electron chi connectivity index (χ0n) is 7.67. The van der Waals surface area contributed by atoms with E-state index in [1.165, 1.54) is 6.33 Å². The number of benzene rings is 1. The Morgan fingerprint density at radius 3 is 2.75 bits per heavy atom. The second-order valence-electron chi connectivity index (χ2n) is 3.21. The van der Waals surface area contributed by atoms with Crippen LogP contribution in [-0.4, -0.2) is 9.97 Å². The van der Waals surface area contributed by atoms with Gasteiger partial charge in [0.1, 0.15) is 11.5 Å². The highest BCUT2D eigenvalue weighted by atomic mass is 79.9. The Bertz CT molecular complexity index is 711. The average molecular weight is 334 g/mol. The zero-order valence-corrected chi connectivity index (χ0v) is 11.6. The van der Waals surface area contributed by atoms with E-state index in [-0.39, 0.29) is 0 Å². The van der Waals surface area contributed by atoms with Gasteiger partial charge in [-0.3, -0.25) is 0 Å². The van der Waals surface area contributed by atoms with E-state index in [9.17, 15) is 0 Å². The minimum Gasteiger partial charge on any atom is -0.235 e. The van der Waals surface area contributed by atoms with Gasteiger partial charge in [-0.1, -0.05) is 23.2 Å². The van der Waals surface area contributed by atoms with Gasteiger partial charge in [-0.05, 0) is 28.1 Å². The largest absolute Gasteiger partial charge is 0.235 e. The Morgan fingerprint density at radius 1 is 1.12 bits per heavy atom. The highest BCUT2D eigenvalue weighted by Crippen LogP contribution is 2.40. The van der Waals surface area contributed by atoms with Crippen molar-refractivity contribution in [3.05, 3.63) is 33.1 Å². The van der Waals surface area contributed by atoms with Crippen molar-refractivity contribution in [1.29, 1.82) is 0 Å². The maximum absolute atomic E-state index is 6.03. The summed E-state index contributed by atoms with van der Waals surface area (Å²) in [7, 11) is 0. The summed E-state index contributed by atoms with van der Waals surface area (Å²) in [6.45, 7) is 0. The van der Waals surface area contributed by atoms with Crippen LogP contribution in [-0.2, 0) is 0 Å². The maximum atomic E-state index is 6.03. The van der Waals surface area contributed by atoms with Gasteiger partial charge in [-0.15, -0.1) is 11.3 Å². The lowest BCUT2D eigenvalue weighted by atomic mass is 10.2. The molecule has 0 bridgehead atoms. The molecule has 3 rings (SSSR count). The first-order chi connectivity index (χ1) is 7.66. The Hall–Kier alpha value is -0.420. The van der Waals surface area contributed by atoms with Crippen molar-refractivity contribution < 1.29 is 0 Å². The van der Waals surface area contributed by atoms with Gasteiger partial charge in [0.25, 0.3) is 0 Å². The molecule has 0 atom stereocenters. The van der Waals surface area contributed by atoms with Gasteiger partial charge < -0.3 is 0 Å². The van der Waals surface area contributed by atoms with Crippen LogP contribution in [0.3, 0.4) is 0 Å². The molecule has 0 saturated heterocycles. The highest BCUT2D eigenvalue weighted by Gasteiger charge is 2.12. The van der Waals surface area contributed by atoms with Crippen molar-refractivity contribution in [1.82, 2.24) is 9.97 Å². The normalized spacial score (nSPS) is 11.4. The van der Waals surface area contributed by atoms with Crippen LogP contribution in [0.25, 0.3) is 20.3 Å². The van der Waals surface area contributed by atoms with Crippen molar-refractivity contribution in [2.45, 2.75) is 0 Å². The molecule has 3 aromatic rings. The molecule has 0 fully saturated rings. The molecule has 16 heavy (non-hydrogen) atoms. The Kier molecular flexibility index (Phi) is 2.55. The summed E-state index contributed by atoms with van der Waals surface area (Å²) in [6, 6.07) is 3.75. The van der Waals surface area contributed by atoms with Crippen LogP contribution < -0.4 is 0 Å². The van der Waals surface area contributed by atoms with Crippen LogP contribution >= 0.6 is 50.5 Å². The van der Waals surface area contributed by atoms with Crippen molar-refractivity contribution in [2.24, 2.45) is 0 Å². The van der Waals surface area contributed by atoms with E-state index in [4.69, 9.17) is 23.2 Å². The number of fused-ring (bicyclic) bond motifs is 3. The van der Waals surface area contributed by atoms with Gasteiger partial charge in [0.2, 0.25) is 0 Å². The van der Waals surface area contributed by atoms with Crippen LogP contribution in [0.5, 0.6) is 0 Å². The third kappa shape index (κ3) is 1.52. The third-order valence-electron chi connectivity index (χ3n) is 2.23. The van der Waals surface area contributed by atoms with Crippen molar-refractivity contribution in [3.63, 3.8) is 0 Å². The first-order valence-corrected chi connectivity index (χ1v) is 6.71. The molecule has 2 aromatic heterocycles. The quantitative estimate of drug-likeness (QED) is 0.546. The fourth-order valence-corrected chi connectivity index (χ4v) is 3.90. The minimum absolute atomic E-state index is 0.481. The third-order valence-corrected chi connectivity index (χ3v) is 4.97. The van der Waals surface area contributed by atoms with Gasteiger partial charge in [0.05, 0.1) is 14.9 Å². The van der Waals surface area contributed by atoms with Gasteiger partial charge in [-0.25, -0.2) is 9.97 Å². The molecule has 2 nitrogen and oxygen atoms in total. The second kappa shape index (κ2) is 3.81. The fraction of sp³-hybridized carbons (Fsp3) is 0. The Morgan fingerprint density at radius 2 is 1.94 bits per heavy atom. The number of halogens is 3. The van der Waals surface area contributed by atoms with E-state index < -0.39 is 0 Å². The molecule has 0 N–H and O–H groups in total. The van der Waals surface area contributed by atoms with Crippen LogP contribution in [0, 0.1) is 0 Å². The molecule has 6 heteroatoms. The molecule has 0 amide bonds. The van der Waals surface area contributed by atoms with E-state index in [1.54, 1.807) is 11.3 Å². The van der Waals surface area contributed by atoms with Crippen molar-refractivity contribution in [3.8, 4) is 0 Å². The molecule has 2 heterocycles. The number of aromatic nitrogens is 2. The predicted molar refractivity (Wildman–Crippen MR) is 72.6 cm³/mol. The SMILES string of the molecule is Clc1cc(Br)c2sc3c(Cl)ncnc3c2c1. The Labute approximate surface area is 113 Å². The number of thiophene rings is 1. The molecule has 0 aliphatic carbocycles. The van der Waals surface area contributed by atoms with Gasteiger partial charge in [0, 0.05) is 14.9 Å². The molecule has 0 spiro atoms. The molecule has 0 saturated carbocycles. The number of rotatable bonds is 0. The monoisotopic (exact) mass is 332 g/mol. The first kappa shape index (κ1) is 10.7. The van der Waals surface area contributed by atoms with Crippen molar-refractivity contribution >= 4 is 70.8 Å². The molecular weight excluding hydrogens is 331 g/mol. The topological polar surface area (TPSA) is 25.8 Å². The Balaban J connectivity index is 2.61. The lowest BCUT2D eigenvalue weighted by Gasteiger charge is -1.95. The number of hydrogen-bond acceptors (Lipinski definition) is 3. The predicted octanol–water partition coefficient (Wildman–Crippen LogP) is 4.91. The molecule has 0 aliphatic rings. The summed E-state index contributed by atoms with van der Waals surface area (Å²) in [5.41, 5.74) is 0.850. The molecule has 80 valence electrons. The summed E-state index contributed by atoms with van der Waals surface area (Å²) in [6.07, 6.45) is 1.46. The van der Waals surface area contributed by atoms with Gasteiger partial charge in [0.15, 0.2) is 0 Å². The maximum Gasteiger partial charge on any atom is 0.150 e. The van der Waals surface area contributed by atoms with Crippen molar-refractivity contribution in [2.75, 3.05) is 0 Å². The molecule has 0 aliphatic heterocycles. The summed E-state index contributed by atoms with van der Waals surface area (Å²) >= 11 is 17.1. The summed E-state index contributed by atoms with van der Waals surface area (Å²) in [5.74, 6) is 0. The molecule has 0 radical (unpaired) electrons. The molecule has 0 unspecified atom stereocenters. The van der Waals surface area contributed by atoms with Crippen LogP contribution in [0.4, 0.5) is 0 Å². The van der Waals surface area contributed by atoms with Crippen LogP contribution in [0.1, 0.15) is 0 Å².